The van der Waals surface area contributed by atoms with Crippen LogP contribution in [0.1, 0.15) is 79.6 Å². The molecule has 3 rings (SSSR count). The van der Waals surface area contributed by atoms with Gasteiger partial charge < -0.3 is 10.2 Å². The van der Waals surface area contributed by atoms with Gasteiger partial charge in [0.05, 0.1) is 12.2 Å². The molecule has 0 radical (unpaired) electrons. The minimum atomic E-state index is -0.799. The second kappa shape index (κ2) is 9.49. The molecule has 0 spiro atoms. The second-order valence-electron chi connectivity index (χ2n) is 11.1. The minimum Gasteiger partial charge on any atom is -0.393 e. The van der Waals surface area contributed by atoms with Crippen LogP contribution in [-0.4, -0.2) is 37.1 Å². The number of rotatable bonds is 5. The van der Waals surface area contributed by atoms with E-state index >= 15 is 0 Å². The summed E-state index contributed by atoms with van der Waals surface area (Å²) in [6.07, 6.45) is 12.2. The highest BCUT2D eigenvalue weighted by Gasteiger charge is 2.46. The molecule has 31 heavy (non-hydrogen) atoms. The van der Waals surface area contributed by atoms with Crippen LogP contribution >= 0.6 is 0 Å². The fourth-order valence-electron chi connectivity index (χ4n) is 5.83. The summed E-state index contributed by atoms with van der Waals surface area (Å²) >= 11 is 0. The van der Waals surface area contributed by atoms with Crippen molar-refractivity contribution in [3.05, 3.63) is 47.1 Å². The Morgan fingerprint density at radius 1 is 1.32 bits per heavy atom. The number of allylic oxidation sites excluding steroid dienone is 5. The van der Waals surface area contributed by atoms with Gasteiger partial charge in [0.15, 0.2) is 0 Å². The Morgan fingerprint density at radius 3 is 2.71 bits per heavy atom. The van der Waals surface area contributed by atoms with E-state index in [-0.39, 0.29) is 10.2 Å². The maximum Gasteiger partial charge on any atom is 0.0811 e. The first-order valence-electron chi connectivity index (χ1n) is 12.0. The van der Waals surface area contributed by atoms with Gasteiger partial charge in [0.25, 0.3) is 0 Å². The summed E-state index contributed by atoms with van der Waals surface area (Å²) in [7, 11) is -0.799. The quantitative estimate of drug-likeness (QED) is 0.539. The molecule has 0 aromatic heterocycles. The van der Waals surface area contributed by atoms with Crippen molar-refractivity contribution in [1.29, 1.82) is 0 Å². The summed E-state index contributed by atoms with van der Waals surface area (Å²) in [6.45, 7) is 15.0. The van der Waals surface area contributed by atoms with Crippen molar-refractivity contribution in [2.75, 3.05) is 5.75 Å². The molecule has 3 nitrogen and oxygen atoms in total. The number of aliphatic hydroxyl groups excluding tert-OH is 2. The van der Waals surface area contributed by atoms with Gasteiger partial charge in [-0.15, -0.1) is 0 Å². The Kier molecular flexibility index (Phi) is 7.55. The standard InChI is InChI=1S/C27H42O3S/c1-18(13-15-31(30)26(3,4)5)23-11-12-24-20(8-7-14-27(23,24)6)9-10-21-16-22(28)17-25(29)19(21)2/h9-11,18,22,24-25,28-29H,2,7-8,12-17H2,1,3-6H3/t18-,22-,24+,25+,27-,31?/m1/s1. The maximum atomic E-state index is 12.5. The van der Waals surface area contributed by atoms with Gasteiger partial charge in [0, 0.05) is 27.7 Å². The van der Waals surface area contributed by atoms with Crippen molar-refractivity contribution in [2.24, 2.45) is 17.3 Å². The van der Waals surface area contributed by atoms with Crippen molar-refractivity contribution >= 4 is 10.8 Å². The molecule has 0 heterocycles. The molecule has 0 aromatic carbocycles. The third-order valence-corrected chi connectivity index (χ3v) is 9.80. The molecule has 4 heteroatoms. The summed E-state index contributed by atoms with van der Waals surface area (Å²) in [5.74, 6) is 1.75. The molecule has 3 aliphatic carbocycles. The first kappa shape index (κ1) is 24.7. The van der Waals surface area contributed by atoms with Crippen LogP contribution in [0, 0.1) is 17.3 Å². The predicted molar refractivity (Wildman–Crippen MR) is 131 cm³/mol. The fourth-order valence-corrected chi connectivity index (χ4v) is 7.01. The van der Waals surface area contributed by atoms with Crippen LogP contribution < -0.4 is 0 Å². The zero-order valence-corrected chi connectivity index (χ0v) is 20.9. The molecule has 0 bridgehead atoms. The molecule has 0 saturated heterocycles. The van der Waals surface area contributed by atoms with E-state index in [9.17, 15) is 14.4 Å². The molecule has 0 aromatic rings. The topological polar surface area (TPSA) is 57.5 Å². The zero-order chi connectivity index (χ0) is 23.0. The Balaban J connectivity index is 1.73. The Morgan fingerprint density at radius 2 is 2.03 bits per heavy atom. The van der Waals surface area contributed by atoms with Gasteiger partial charge in [-0.3, -0.25) is 4.21 Å². The van der Waals surface area contributed by atoms with Gasteiger partial charge in [0.1, 0.15) is 0 Å². The number of hydrogen-bond donors (Lipinski definition) is 2. The van der Waals surface area contributed by atoms with Crippen LogP contribution in [0.25, 0.3) is 0 Å². The van der Waals surface area contributed by atoms with Crippen LogP contribution in [0.2, 0.25) is 0 Å². The van der Waals surface area contributed by atoms with Crippen molar-refractivity contribution in [2.45, 2.75) is 96.5 Å². The molecule has 2 N–H and O–H groups in total. The first-order valence-corrected chi connectivity index (χ1v) is 13.3. The van der Waals surface area contributed by atoms with Gasteiger partial charge in [0.2, 0.25) is 0 Å². The molecule has 1 unspecified atom stereocenters. The van der Waals surface area contributed by atoms with E-state index in [2.05, 4.69) is 59.4 Å². The van der Waals surface area contributed by atoms with Crippen molar-refractivity contribution in [3.63, 3.8) is 0 Å². The van der Waals surface area contributed by atoms with Gasteiger partial charge in [-0.05, 0) is 87.7 Å². The Bertz CT molecular complexity index is 813. The van der Waals surface area contributed by atoms with Crippen molar-refractivity contribution < 1.29 is 14.4 Å². The second-order valence-corrected chi connectivity index (χ2v) is 13.5. The Labute approximate surface area is 191 Å². The van der Waals surface area contributed by atoms with E-state index in [1.54, 1.807) is 5.57 Å². The molecule has 174 valence electrons. The van der Waals surface area contributed by atoms with E-state index < -0.39 is 23.0 Å². The third-order valence-electron chi connectivity index (χ3n) is 7.83. The van der Waals surface area contributed by atoms with Gasteiger partial charge in [-0.1, -0.05) is 49.8 Å². The molecular formula is C27H42O3S. The minimum absolute atomic E-state index is 0.144. The molecule has 3 aliphatic rings. The maximum absolute atomic E-state index is 12.5. The van der Waals surface area contributed by atoms with Gasteiger partial charge in [-0.25, -0.2) is 0 Å². The molecule has 6 atom stereocenters. The van der Waals surface area contributed by atoms with Gasteiger partial charge in [-0.2, -0.15) is 0 Å². The molecule has 0 amide bonds. The summed E-state index contributed by atoms with van der Waals surface area (Å²) in [5, 5.41) is 20.2. The van der Waals surface area contributed by atoms with Crippen LogP contribution in [0.5, 0.6) is 0 Å². The highest BCUT2D eigenvalue weighted by molar-refractivity contribution is 7.86. The van der Waals surface area contributed by atoms with E-state index in [4.69, 9.17) is 0 Å². The fraction of sp³-hybridized carbons (Fsp3) is 0.704. The lowest BCUT2D eigenvalue weighted by molar-refractivity contribution is 0.0862. The lowest BCUT2D eigenvalue weighted by Gasteiger charge is -2.42. The highest BCUT2D eigenvalue weighted by Crippen LogP contribution is 2.57. The lowest BCUT2D eigenvalue weighted by atomic mass is 9.62. The van der Waals surface area contributed by atoms with Crippen LogP contribution in [-0.2, 0) is 10.8 Å². The predicted octanol–water partition coefficient (Wildman–Crippen LogP) is 5.62. The van der Waals surface area contributed by atoms with Gasteiger partial charge >= 0.3 is 0 Å². The summed E-state index contributed by atoms with van der Waals surface area (Å²) < 4.78 is 12.4. The van der Waals surface area contributed by atoms with E-state index in [0.717, 1.165) is 36.2 Å². The molecular weight excluding hydrogens is 404 g/mol. The third kappa shape index (κ3) is 5.34. The van der Waals surface area contributed by atoms with Crippen LogP contribution in [0.4, 0.5) is 0 Å². The van der Waals surface area contributed by atoms with E-state index in [0.29, 0.717) is 24.7 Å². The average molecular weight is 447 g/mol. The van der Waals surface area contributed by atoms with E-state index in [1.807, 2.05) is 0 Å². The largest absolute Gasteiger partial charge is 0.393 e. The summed E-state index contributed by atoms with van der Waals surface area (Å²) in [4.78, 5) is 0. The molecule has 2 fully saturated rings. The number of fused-ring (bicyclic) bond motifs is 1. The van der Waals surface area contributed by atoms with Crippen molar-refractivity contribution in [3.8, 4) is 0 Å². The lowest BCUT2D eigenvalue weighted by Crippen LogP contribution is -2.33. The zero-order valence-electron chi connectivity index (χ0n) is 20.1. The molecule has 2 saturated carbocycles. The normalized spacial score (nSPS) is 36.4. The SMILES string of the molecule is C=C1C(=CC=C2CCC[C@]3(C)C([C@H](C)CCS(=O)C(C)(C)C)=CC[C@@H]23)C[C@@H](O)C[C@@H]1O. The summed E-state index contributed by atoms with van der Waals surface area (Å²) in [5.41, 5.74) is 4.98. The van der Waals surface area contributed by atoms with Crippen molar-refractivity contribution in [1.82, 2.24) is 0 Å². The monoisotopic (exact) mass is 446 g/mol. The van der Waals surface area contributed by atoms with E-state index in [1.165, 1.54) is 18.4 Å². The molecule has 0 aliphatic heterocycles. The average Bonchev–Trinajstić information content (AvgIpc) is 3.04. The summed E-state index contributed by atoms with van der Waals surface area (Å²) in [6, 6.07) is 0. The number of hydrogen-bond acceptors (Lipinski definition) is 3. The number of aliphatic hydroxyl groups is 2. The Hall–Kier alpha value is -0.970. The highest BCUT2D eigenvalue weighted by atomic mass is 32.2. The van der Waals surface area contributed by atoms with Crippen LogP contribution in [0.15, 0.2) is 47.1 Å². The van der Waals surface area contributed by atoms with Crippen LogP contribution in [0.3, 0.4) is 0 Å². The smallest absolute Gasteiger partial charge is 0.0811 e. The first-order chi connectivity index (χ1) is 14.4.